The number of hydrogen-bond donors (Lipinski definition) is 2. The van der Waals surface area contributed by atoms with Crippen LogP contribution in [-0.4, -0.2) is 39.4 Å². The standard InChI is InChI=1S/C10H14BrN3O4S2/c11-7-4-9(10(12)13-5-7)20(17,18)14-6-8-2-1-3-19(8,15)16/h4-5,8,14H,1-3,6H2,(H2,12,13). The molecule has 10 heteroatoms. The van der Waals surface area contributed by atoms with Crippen LogP contribution in [0.2, 0.25) is 0 Å². The van der Waals surface area contributed by atoms with E-state index in [1.165, 1.54) is 12.3 Å². The predicted molar refractivity (Wildman–Crippen MR) is 78.3 cm³/mol. The van der Waals surface area contributed by atoms with Gasteiger partial charge >= 0.3 is 0 Å². The van der Waals surface area contributed by atoms with Crippen LogP contribution in [0, 0.1) is 0 Å². The van der Waals surface area contributed by atoms with Gasteiger partial charge in [0.05, 0.1) is 11.0 Å². The first kappa shape index (κ1) is 15.7. The van der Waals surface area contributed by atoms with E-state index in [0.29, 0.717) is 17.3 Å². The number of rotatable bonds is 4. The summed E-state index contributed by atoms with van der Waals surface area (Å²) >= 11 is 3.12. The SMILES string of the molecule is Nc1ncc(Br)cc1S(=O)(=O)NCC1CCCS1(=O)=O. The summed E-state index contributed by atoms with van der Waals surface area (Å²) in [4.78, 5) is 3.58. The van der Waals surface area contributed by atoms with E-state index in [4.69, 9.17) is 5.73 Å². The van der Waals surface area contributed by atoms with Crippen LogP contribution in [0.15, 0.2) is 21.6 Å². The summed E-state index contributed by atoms with van der Waals surface area (Å²) in [5.41, 5.74) is 5.54. The van der Waals surface area contributed by atoms with Crippen LogP contribution in [0.3, 0.4) is 0 Å². The van der Waals surface area contributed by atoms with Gasteiger partial charge in [0.15, 0.2) is 9.84 Å². The molecule has 2 rings (SSSR count). The number of hydrogen-bond acceptors (Lipinski definition) is 6. The van der Waals surface area contributed by atoms with Crippen LogP contribution in [-0.2, 0) is 19.9 Å². The molecule has 1 saturated heterocycles. The van der Waals surface area contributed by atoms with Gasteiger partial charge in [0, 0.05) is 17.2 Å². The number of nitrogen functional groups attached to an aromatic ring is 1. The zero-order valence-corrected chi connectivity index (χ0v) is 13.6. The summed E-state index contributed by atoms with van der Waals surface area (Å²) in [6.07, 6.45) is 2.42. The average Bonchev–Trinajstić information content (AvgIpc) is 2.69. The highest BCUT2D eigenvalue weighted by atomic mass is 79.9. The Morgan fingerprint density at radius 1 is 1.50 bits per heavy atom. The molecule has 1 aliphatic heterocycles. The molecule has 0 aliphatic carbocycles. The van der Waals surface area contributed by atoms with Crippen molar-refractivity contribution < 1.29 is 16.8 Å². The van der Waals surface area contributed by atoms with E-state index >= 15 is 0 Å². The van der Waals surface area contributed by atoms with E-state index in [1.807, 2.05) is 0 Å². The normalized spacial score (nSPS) is 21.9. The number of nitrogens with two attached hydrogens (primary N) is 1. The van der Waals surface area contributed by atoms with Gasteiger partial charge in [0.2, 0.25) is 10.0 Å². The van der Waals surface area contributed by atoms with Gasteiger partial charge in [-0.15, -0.1) is 0 Å². The van der Waals surface area contributed by atoms with Crippen LogP contribution in [0.1, 0.15) is 12.8 Å². The first-order valence-corrected chi connectivity index (χ1v) is 9.84. The largest absolute Gasteiger partial charge is 0.383 e. The molecule has 1 aromatic heterocycles. The lowest BCUT2D eigenvalue weighted by Gasteiger charge is -2.12. The molecule has 1 atom stereocenters. The Morgan fingerprint density at radius 3 is 2.80 bits per heavy atom. The second-order valence-corrected chi connectivity index (χ2v) is 9.57. The Labute approximate surface area is 126 Å². The lowest BCUT2D eigenvalue weighted by molar-refractivity contribution is 0.571. The Hall–Kier alpha value is -0.710. The minimum absolute atomic E-state index is 0.111. The van der Waals surface area contributed by atoms with Crippen molar-refractivity contribution in [3.8, 4) is 0 Å². The van der Waals surface area contributed by atoms with Crippen molar-refractivity contribution in [2.45, 2.75) is 23.0 Å². The number of aromatic nitrogens is 1. The van der Waals surface area contributed by atoms with Crippen molar-refractivity contribution in [1.29, 1.82) is 0 Å². The quantitative estimate of drug-likeness (QED) is 0.770. The Kier molecular flexibility index (Phi) is 4.38. The van der Waals surface area contributed by atoms with Gasteiger partial charge in [-0.1, -0.05) is 0 Å². The third kappa shape index (κ3) is 3.30. The molecular formula is C10H14BrN3O4S2. The van der Waals surface area contributed by atoms with E-state index in [-0.39, 0.29) is 23.0 Å². The molecule has 0 amide bonds. The summed E-state index contributed by atoms with van der Waals surface area (Å²) in [6, 6.07) is 1.33. The minimum Gasteiger partial charge on any atom is -0.383 e. The minimum atomic E-state index is -3.88. The number of anilines is 1. The molecule has 1 aliphatic rings. The Balaban J connectivity index is 2.18. The molecule has 0 bridgehead atoms. The van der Waals surface area contributed by atoms with E-state index < -0.39 is 25.1 Å². The van der Waals surface area contributed by atoms with E-state index in [9.17, 15) is 16.8 Å². The van der Waals surface area contributed by atoms with Gasteiger partial charge in [-0.2, -0.15) is 0 Å². The Bertz CT molecular complexity index is 718. The lowest BCUT2D eigenvalue weighted by atomic mass is 10.2. The van der Waals surface area contributed by atoms with Gasteiger partial charge in [-0.3, -0.25) is 0 Å². The fourth-order valence-corrected chi connectivity index (χ4v) is 5.55. The smallest absolute Gasteiger partial charge is 0.244 e. The monoisotopic (exact) mass is 383 g/mol. The highest BCUT2D eigenvalue weighted by molar-refractivity contribution is 9.10. The van der Waals surface area contributed by atoms with E-state index in [2.05, 4.69) is 25.6 Å². The lowest BCUT2D eigenvalue weighted by Crippen LogP contribution is -2.35. The van der Waals surface area contributed by atoms with Crippen LogP contribution in [0.25, 0.3) is 0 Å². The Morgan fingerprint density at radius 2 is 2.20 bits per heavy atom. The van der Waals surface area contributed by atoms with Gasteiger partial charge in [-0.25, -0.2) is 26.5 Å². The summed E-state index contributed by atoms with van der Waals surface area (Å²) in [7, 11) is -7.08. The molecule has 1 fully saturated rings. The molecule has 0 spiro atoms. The zero-order chi connectivity index (χ0) is 15.0. The highest BCUT2D eigenvalue weighted by Crippen LogP contribution is 2.22. The van der Waals surface area contributed by atoms with E-state index in [0.717, 1.165) is 0 Å². The average molecular weight is 384 g/mol. The molecule has 1 unspecified atom stereocenters. The van der Waals surface area contributed by atoms with Crippen LogP contribution < -0.4 is 10.5 Å². The first-order chi connectivity index (χ1) is 9.22. The van der Waals surface area contributed by atoms with Crippen LogP contribution in [0.5, 0.6) is 0 Å². The molecular weight excluding hydrogens is 370 g/mol. The van der Waals surface area contributed by atoms with Gasteiger partial charge < -0.3 is 5.73 Å². The van der Waals surface area contributed by atoms with Gasteiger partial charge in [0.1, 0.15) is 10.7 Å². The number of sulfonamides is 1. The summed E-state index contributed by atoms with van der Waals surface area (Å²) in [6.45, 7) is -0.142. The van der Waals surface area contributed by atoms with Crippen molar-refractivity contribution in [2.24, 2.45) is 0 Å². The first-order valence-electron chi connectivity index (χ1n) is 5.84. The fraction of sp³-hybridized carbons (Fsp3) is 0.500. The maximum Gasteiger partial charge on any atom is 0.244 e. The maximum atomic E-state index is 12.1. The number of halogens is 1. The summed E-state index contributed by atoms with van der Waals surface area (Å²) < 4.78 is 50.3. The molecule has 7 nitrogen and oxygen atoms in total. The van der Waals surface area contributed by atoms with Crippen molar-refractivity contribution in [1.82, 2.24) is 9.71 Å². The van der Waals surface area contributed by atoms with E-state index in [1.54, 1.807) is 0 Å². The second-order valence-electron chi connectivity index (χ2n) is 4.52. The number of nitrogens with one attached hydrogen (secondary N) is 1. The van der Waals surface area contributed by atoms with Crippen molar-refractivity contribution in [2.75, 3.05) is 18.0 Å². The van der Waals surface area contributed by atoms with Crippen LogP contribution in [0.4, 0.5) is 5.82 Å². The molecule has 3 N–H and O–H groups in total. The van der Waals surface area contributed by atoms with Crippen molar-refractivity contribution in [3.05, 3.63) is 16.7 Å². The molecule has 0 aromatic carbocycles. The molecule has 20 heavy (non-hydrogen) atoms. The third-order valence-electron chi connectivity index (χ3n) is 3.10. The molecule has 0 saturated carbocycles. The number of pyridine rings is 1. The highest BCUT2D eigenvalue weighted by Gasteiger charge is 2.32. The molecule has 0 radical (unpaired) electrons. The summed E-state index contributed by atoms with van der Waals surface area (Å²) in [5.74, 6) is -0.0186. The third-order valence-corrected chi connectivity index (χ3v) is 7.26. The number of sulfone groups is 1. The van der Waals surface area contributed by atoms with Gasteiger partial charge in [-0.05, 0) is 34.8 Å². The fourth-order valence-electron chi connectivity index (χ4n) is 2.01. The predicted octanol–water partition coefficient (Wildman–Crippen LogP) is 0.282. The molecule has 2 heterocycles. The second kappa shape index (κ2) is 5.58. The summed E-state index contributed by atoms with van der Waals surface area (Å²) in [5, 5.41) is -0.668. The van der Waals surface area contributed by atoms with Gasteiger partial charge in [0.25, 0.3) is 0 Å². The topological polar surface area (TPSA) is 119 Å². The van der Waals surface area contributed by atoms with Crippen LogP contribution >= 0.6 is 15.9 Å². The van der Waals surface area contributed by atoms with Crippen molar-refractivity contribution in [3.63, 3.8) is 0 Å². The maximum absolute atomic E-state index is 12.1. The number of nitrogens with zero attached hydrogens (tertiary/aromatic N) is 1. The molecule has 112 valence electrons. The molecule has 1 aromatic rings. The zero-order valence-electron chi connectivity index (χ0n) is 10.4. The van der Waals surface area contributed by atoms with Crippen molar-refractivity contribution >= 4 is 41.6 Å².